The van der Waals surface area contributed by atoms with E-state index < -0.39 is 0 Å². The fraction of sp³-hybridized carbons (Fsp3) is 0.106. The van der Waals surface area contributed by atoms with Gasteiger partial charge in [0.15, 0.2) is 0 Å². The third-order valence-electron chi connectivity index (χ3n) is 10.7. The fourth-order valence-electron chi connectivity index (χ4n) is 7.99. The lowest BCUT2D eigenvalue weighted by Crippen LogP contribution is -2.19. The average molecular weight is 646 g/mol. The molecule has 1 unspecified atom stereocenters. The van der Waals surface area contributed by atoms with Crippen LogP contribution in [0, 0.1) is 0 Å². The zero-order valence-corrected chi connectivity index (χ0v) is 28.6. The molecule has 1 aliphatic rings. The van der Waals surface area contributed by atoms with E-state index in [-0.39, 0.29) is 11.5 Å². The highest BCUT2D eigenvalue weighted by Crippen LogP contribution is 2.52. The molecule has 242 valence electrons. The van der Waals surface area contributed by atoms with E-state index >= 15 is 0 Å². The lowest BCUT2D eigenvalue weighted by molar-refractivity contribution is 0.661. The van der Waals surface area contributed by atoms with E-state index in [0.29, 0.717) is 0 Å². The van der Waals surface area contributed by atoms with Crippen LogP contribution >= 0.6 is 0 Å². The Kier molecular flexibility index (Phi) is 7.10. The Bertz CT molecular complexity index is 2570. The van der Waals surface area contributed by atoms with Gasteiger partial charge in [-0.2, -0.15) is 0 Å². The second-order valence-corrected chi connectivity index (χ2v) is 14.0. The third kappa shape index (κ3) is 4.89. The molecule has 2 N–H and O–H groups in total. The molecule has 0 bridgehead atoms. The average Bonchev–Trinajstić information content (AvgIpc) is 3.61. The highest BCUT2D eigenvalue weighted by molar-refractivity contribution is 6.09. The van der Waals surface area contributed by atoms with Crippen molar-refractivity contribution in [2.75, 3.05) is 5.43 Å². The largest absolute Gasteiger partial charge is 0.377 e. The SMILES string of the molecule is CC(N/C(=C\Nn1c2ccccc2c2ccc(-c3ccc4c(c3)C(C)(C)c3ccc5ccccc5c3-4)cc21)c1ccccc1)c1ccccc1. The minimum atomic E-state index is -0.0895. The van der Waals surface area contributed by atoms with E-state index in [0.717, 1.165) is 22.3 Å². The zero-order valence-electron chi connectivity index (χ0n) is 28.6. The van der Waals surface area contributed by atoms with Gasteiger partial charge in [0, 0.05) is 28.4 Å². The van der Waals surface area contributed by atoms with Gasteiger partial charge in [0.25, 0.3) is 0 Å². The Balaban J connectivity index is 1.14. The maximum absolute atomic E-state index is 3.78. The van der Waals surface area contributed by atoms with Crippen molar-refractivity contribution in [3.8, 4) is 22.3 Å². The summed E-state index contributed by atoms with van der Waals surface area (Å²) in [6, 6.07) is 57.2. The lowest BCUT2D eigenvalue weighted by atomic mass is 9.81. The molecule has 3 heteroatoms. The van der Waals surface area contributed by atoms with E-state index in [1.54, 1.807) is 0 Å². The number of rotatable bonds is 7. The van der Waals surface area contributed by atoms with Crippen molar-refractivity contribution in [1.82, 2.24) is 9.99 Å². The molecule has 0 fully saturated rings. The first-order valence-corrected chi connectivity index (χ1v) is 17.5. The molecular weight excluding hydrogens is 607 g/mol. The molecule has 0 saturated carbocycles. The maximum atomic E-state index is 3.78. The number of aromatic nitrogens is 1. The molecule has 7 aromatic carbocycles. The molecule has 1 heterocycles. The van der Waals surface area contributed by atoms with Gasteiger partial charge in [-0.15, -0.1) is 0 Å². The molecule has 0 amide bonds. The first kappa shape index (κ1) is 30.0. The van der Waals surface area contributed by atoms with Crippen molar-refractivity contribution in [3.05, 3.63) is 186 Å². The summed E-state index contributed by atoms with van der Waals surface area (Å²) in [6.45, 7) is 6.94. The van der Waals surface area contributed by atoms with Crippen molar-refractivity contribution in [1.29, 1.82) is 0 Å². The predicted octanol–water partition coefficient (Wildman–Crippen LogP) is 11.8. The molecule has 9 rings (SSSR count). The van der Waals surface area contributed by atoms with Crippen molar-refractivity contribution in [2.45, 2.75) is 32.2 Å². The van der Waals surface area contributed by atoms with E-state index in [4.69, 9.17) is 0 Å². The van der Waals surface area contributed by atoms with Crippen molar-refractivity contribution in [3.63, 3.8) is 0 Å². The molecule has 1 aliphatic carbocycles. The first-order valence-electron chi connectivity index (χ1n) is 17.5. The Morgan fingerprint density at radius 1 is 0.600 bits per heavy atom. The summed E-state index contributed by atoms with van der Waals surface area (Å²) in [4.78, 5) is 0. The number of fused-ring (bicyclic) bond motifs is 8. The maximum Gasteiger partial charge on any atom is 0.0715 e. The third-order valence-corrected chi connectivity index (χ3v) is 10.7. The summed E-state index contributed by atoms with van der Waals surface area (Å²) in [5.41, 5.74) is 17.2. The van der Waals surface area contributed by atoms with Gasteiger partial charge in [-0.1, -0.05) is 153 Å². The summed E-state index contributed by atoms with van der Waals surface area (Å²) < 4.78 is 2.23. The Hall–Kier alpha value is -6.06. The second-order valence-electron chi connectivity index (χ2n) is 14.0. The number of hydrogen-bond donors (Lipinski definition) is 2. The van der Waals surface area contributed by atoms with Crippen LogP contribution in [0.4, 0.5) is 0 Å². The van der Waals surface area contributed by atoms with Crippen LogP contribution in [0.25, 0.3) is 60.5 Å². The van der Waals surface area contributed by atoms with E-state index in [2.05, 4.69) is 200 Å². The molecule has 50 heavy (non-hydrogen) atoms. The number of nitrogens with one attached hydrogen (secondary N) is 2. The van der Waals surface area contributed by atoms with Crippen LogP contribution in [0.3, 0.4) is 0 Å². The standard InChI is InChI=1S/C47H39N3/c1-31(32-14-6-4-7-15-32)49-43(34-17-8-5-9-18-34)30-48-50-44-21-13-12-20-38(44)39-25-22-36(29-45(39)50)35-23-26-40-42(28-35)47(2,3)41-27-24-33-16-10-11-19-37(33)46(40)41/h4-31,48-49H,1-3H3/b43-30-. The van der Waals surface area contributed by atoms with Gasteiger partial charge in [0.2, 0.25) is 0 Å². The molecule has 1 atom stereocenters. The summed E-state index contributed by atoms with van der Waals surface area (Å²) in [5, 5.41) is 8.84. The van der Waals surface area contributed by atoms with Crippen LogP contribution < -0.4 is 10.7 Å². The van der Waals surface area contributed by atoms with Crippen LogP contribution in [0.15, 0.2) is 164 Å². The Morgan fingerprint density at radius 3 is 2.08 bits per heavy atom. The van der Waals surface area contributed by atoms with E-state index in [1.165, 1.54) is 60.5 Å². The Labute approximate surface area is 293 Å². The molecule has 3 nitrogen and oxygen atoms in total. The normalized spacial score (nSPS) is 14.1. The number of para-hydroxylation sites is 1. The van der Waals surface area contributed by atoms with E-state index in [1.807, 2.05) is 0 Å². The van der Waals surface area contributed by atoms with Crippen LogP contribution in [-0.4, -0.2) is 4.68 Å². The second kappa shape index (κ2) is 11.8. The van der Waals surface area contributed by atoms with Crippen LogP contribution in [0.1, 0.15) is 49.1 Å². The van der Waals surface area contributed by atoms with Crippen LogP contribution in [0.2, 0.25) is 0 Å². The van der Waals surface area contributed by atoms with Gasteiger partial charge >= 0.3 is 0 Å². The van der Waals surface area contributed by atoms with Crippen molar-refractivity contribution < 1.29 is 0 Å². The van der Waals surface area contributed by atoms with Gasteiger partial charge in [-0.25, -0.2) is 0 Å². The fourth-order valence-corrected chi connectivity index (χ4v) is 7.99. The van der Waals surface area contributed by atoms with Gasteiger partial charge in [-0.3, -0.25) is 10.1 Å². The molecule has 1 aromatic heterocycles. The highest BCUT2D eigenvalue weighted by Gasteiger charge is 2.36. The van der Waals surface area contributed by atoms with Crippen LogP contribution in [0.5, 0.6) is 0 Å². The smallest absolute Gasteiger partial charge is 0.0715 e. The minimum Gasteiger partial charge on any atom is -0.377 e. The zero-order chi connectivity index (χ0) is 33.8. The van der Waals surface area contributed by atoms with Gasteiger partial charge < -0.3 is 5.32 Å². The summed E-state index contributed by atoms with van der Waals surface area (Å²) in [7, 11) is 0. The quantitative estimate of drug-likeness (QED) is 0.181. The number of nitrogens with zero attached hydrogens (tertiary/aromatic N) is 1. The summed E-state index contributed by atoms with van der Waals surface area (Å²) in [6.07, 6.45) is 2.10. The van der Waals surface area contributed by atoms with Gasteiger partial charge in [-0.05, 0) is 80.4 Å². The predicted molar refractivity (Wildman–Crippen MR) is 212 cm³/mol. The Morgan fingerprint density at radius 2 is 1.26 bits per heavy atom. The molecule has 0 saturated heterocycles. The van der Waals surface area contributed by atoms with Gasteiger partial charge in [0.1, 0.15) is 0 Å². The van der Waals surface area contributed by atoms with Crippen molar-refractivity contribution >= 4 is 38.3 Å². The van der Waals surface area contributed by atoms with Crippen LogP contribution in [-0.2, 0) is 5.41 Å². The lowest BCUT2D eigenvalue weighted by Gasteiger charge is -2.22. The molecule has 8 aromatic rings. The number of hydrogen-bond acceptors (Lipinski definition) is 2. The monoisotopic (exact) mass is 645 g/mol. The molecular formula is C47H39N3. The topological polar surface area (TPSA) is 29.0 Å². The van der Waals surface area contributed by atoms with E-state index in [9.17, 15) is 0 Å². The summed E-state index contributed by atoms with van der Waals surface area (Å²) in [5.74, 6) is 0. The van der Waals surface area contributed by atoms with Crippen molar-refractivity contribution in [2.24, 2.45) is 0 Å². The molecule has 0 spiro atoms. The highest BCUT2D eigenvalue weighted by atomic mass is 15.4. The first-order chi connectivity index (χ1) is 24.5. The number of benzene rings is 7. The molecule has 0 aliphatic heterocycles. The molecule has 0 radical (unpaired) electrons. The minimum absolute atomic E-state index is 0.0895. The summed E-state index contributed by atoms with van der Waals surface area (Å²) >= 11 is 0. The van der Waals surface area contributed by atoms with Gasteiger partial charge in [0.05, 0.1) is 16.7 Å².